The van der Waals surface area contributed by atoms with E-state index in [4.69, 9.17) is 4.74 Å². The molecule has 3 heteroatoms. The van der Waals surface area contributed by atoms with Crippen molar-refractivity contribution in [3.63, 3.8) is 0 Å². The first kappa shape index (κ1) is 12.4. The summed E-state index contributed by atoms with van der Waals surface area (Å²) in [6.07, 6.45) is 1.16. The first-order valence-electron chi connectivity index (χ1n) is 6.41. The van der Waals surface area contributed by atoms with E-state index >= 15 is 0 Å². The Bertz CT molecular complexity index is 365. The van der Waals surface area contributed by atoms with Crippen LogP contribution in [0.5, 0.6) is 0 Å². The quantitative estimate of drug-likeness (QED) is 0.763. The molecular weight excluding hydrogens is 212 g/mol. The topological polar surface area (TPSA) is 24.5 Å². The molecule has 0 radical (unpaired) electrons. The standard InChI is InChI=1S/C14H22N2O/c1-3-17-9-8-16(2)11-12-4-5-13-6-7-15-14(13)10-12/h4-5,10,15H,3,6-9,11H2,1-2H3. The second kappa shape index (κ2) is 6.03. The fourth-order valence-electron chi connectivity index (χ4n) is 2.19. The Kier molecular flexibility index (Phi) is 4.40. The fraction of sp³-hybridized carbons (Fsp3) is 0.571. The van der Waals surface area contributed by atoms with Crippen LogP contribution in [0.4, 0.5) is 5.69 Å². The number of fused-ring (bicyclic) bond motifs is 1. The highest BCUT2D eigenvalue weighted by Gasteiger charge is 2.10. The molecule has 0 saturated carbocycles. The lowest BCUT2D eigenvalue weighted by Gasteiger charge is -2.17. The SMILES string of the molecule is CCOCCN(C)Cc1ccc2c(c1)NCC2. The molecule has 1 aromatic carbocycles. The average Bonchev–Trinajstić information content (AvgIpc) is 2.76. The zero-order valence-corrected chi connectivity index (χ0v) is 10.8. The van der Waals surface area contributed by atoms with Gasteiger partial charge in [0.05, 0.1) is 6.61 Å². The summed E-state index contributed by atoms with van der Waals surface area (Å²) < 4.78 is 5.36. The molecule has 3 nitrogen and oxygen atoms in total. The summed E-state index contributed by atoms with van der Waals surface area (Å²) >= 11 is 0. The molecular formula is C14H22N2O. The minimum absolute atomic E-state index is 0.802. The Morgan fingerprint density at radius 3 is 3.12 bits per heavy atom. The number of rotatable bonds is 6. The average molecular weight is 234 g/mol. The Labute approximate surface area is 104 Å². The number of ether oxygens (including phenoxy) is 1. The number of nitrogens with one attached hydrogen (secondary N) is 1. The normalized spacial score (nSPS) is 13.8. The van der Waals surface area contributed by atoms with Crippen LogP contribution in [-0.2, 0) is 17.7 Å². The van der Waals surface area contributed by atoms with Crippen LogP contribution in [0.15, 0.2) is 18.2 Å². The van der Waals surface area contributed by atoms with Crippen LogP contribution in [-0.4, -0.2) is 38.3 Å². The van der Waals surface area contributed by atoms with E-state index in [-0.39, 0.29) is 0 Å². The van der Waals surface area contributed by atoms with E-state index < -0.39 is 0 Å². The van der Waals surface area contributed by atoms with Gasteiger partial charge in [0.15, 0.2) is 0 Å². The summed E-state index contributed by atoms with van der Waals surface area (Å²) in [5.41, 5.74) is 4.14. The van der Waals surface area contributed by atoms with Crippen molar-refractivity contribution in [2.45, 2.75) is 19.9 Å². The van der Waals surface area contributed by atoms with Crippen molar-refractivity contribution in [2.24, 2.45) is 0 Å². The lowest BCUT2D eigenvalue weighted by molar-refractivity contribution is 0.120. The van der Waals surface area contributed by atoms with Gasteiger partial charge in [-0.2, -0.15) is 0 Å². The third kappa shape index (κ3) is 3.45. The van der Waals surface area contributed by atoms with Gasteiger partial charge in [0.1, 0.15) is 0 Å². The van der Waals surface area contributed by atoms with Gasteiger partial charge >= 0.3 is 0 Å². The van der Waals surface area contributed by atoms with Crippen molar-refractivity contribution >= 4 is 5.69 Å². The third-order valence-corrected chi connectivity index (χ3v) is 3.16. The van der Waals surface area contributed by atoms with Gasteiger partial charge in [-0.25, -0.2) is 0 Å². The Balaban J connectivity index is 1.86. The summed E-state index contributed by atoms with van der Waals surface area (Å²) in [5.74, 6) is 0. The number of nitrogens with zero attached hydrogens (tertiary/aromatic N) is 1. The first-order chi connectivity index (χ1) is 8.29. The second-order valence-electron chi connectivity index (χ2n) is 4.60. The van der Waals surface area contributed by atoms with Gasteiger partial charge in [0.25, 0.3) is 0 Å². The predicted molar refractivity (Wildman–Crippen MR) is 71.5 cm³/mol. The number of anilines is 1. The minimum Gasteiger partial charge on any atom is -0.384 e. The molecule has 17 heavy (non-hydrogen) atoms. The minimum atomic E-state index is 0.802. The number of hydrogen-bond donors (Lipinski definition) is 1. The lowest BCUT2D eigenvalue weighted by Crippen LogP contribution is -2.22. The predicted octanol–water partition coefficient (Wildman–Crippen LogP) is 2.12. The molecule has 0 saturated heterocycles. The molecule has 94 valence electrons. The molecule has 1 aromatic rings. The van der Waals surface area contributed by atoms with Crippen molar-refractivity contribution in [3.8, 4) is 0 Å². The van der Waals surface area contributed by atoms with Crippen molar-refractivity contribution in [1.29, 1.82) is 0 Å². The van der Waals surface area contributed by atoms with Crippen LogP contribution in [0.3, 0.4) is 0 Å². The molecule has 1 heterocycles. The molecule has 2 rings (SSSR count). The zero-order valence-electron chi connectivity index (χ0n) is 10.8. The molecule has 0 fully saturated rings. The van der Waals surface area contributed by atoms with E-state index in [2.05, 4.69) is 35.5 Å². The highest BCUT2D eigenvalue weighted by atomic mass is 16.5. The molecule has 0 atom stereocenters. The zero-order chi connectivity index (χ0) is 12.1. The molecule has 0 amide bonds. The summed E-state index contributed by atoms with van der Waals surface area (Å²) in [5, 5.41) is 3.42. The smallest absolute Gasteiger partial charge is 0.0593 e. The van der Waals surface area contributed by atoms with E-state index in [0.717, 1.165) is 39.3 Å². The Hall–Kier alpha value is -1.06. The van der Waals surface area contributed by atoms with Crippen LogP contribution in [0.25, 0.3) is 0 Å². The van der Waals surface area contributed by atoms with Crippen LogP contribution < -0.4 is 5.32 Å². The fourth-order valence-corrected chi connectivity index (χ4v) is 2.19. The van der Waals surface area contributed by atoms with E-state index in [1.165, 1.54) is 16.8 Å². The molecule has 0 spiro atoms. The maximum absolute atomic E-state index is 5.36. The number of benzene rings is 1. The van der Waals surface area contributed by atoms with Gasteiger partial charge < -0.3 is 10.1 Å². The van der Waals surface area contributed by atoms with Crippen molar-refractivity contribution in [2.75, 3.05) is 38.7 Å². The summed E-state index contributed by atoms with van der Waals surface area (Å²) in [7, 11) is 2.14. The molecule has 1 aliphatic rings. The molecule has 0 aromatic heterocycles. The summed E-state index contributed by atoms with van der Waals surface area (Å²) in [4.78, 5) is 2.30. The van der Waals surface area contributed by atoms with Crippen molar-refractivity contribution < 1.29 is 4.74 Å². The number of likely N-dealkylation sites (N-methyl/N-ethyl adjacent to an activating group) is 1. The van der Waals surface area contributed by atoms with E-state index in [9.17, 15) is 0 Å². The molecule has 1 aliphatic heterocycles. The third-order valence-electron chi connectivity index (χ3n) is 3.16. The van der Waals surface area contributed by atoms with Crippen molar-refractivity contribution in [1.82, 2.24) is 4.90 Å². The Morgan fingerprint density at radius 2 is 2.29 bits per heavy atom. The van der Waals surface area contributed by atoms with Gasteiger partial charge in [-0.05, 0) is 37.6 Å². The van der Waals surface area contributed by atoms with Crippen LogP contribution >= 0.6 is 0 Å². The van der Waals surface area contributed by atoms with Crippen molar-refractivity contribution in [3.05, 3.63) is 29.3 Å². The van der Waals surface area contributed by atoms with Crippen LogP contribution in [0, 0.1) is 0 Å². The monoisotopic (exact) mass is 234 g/mol. The van der Waals surface area contributed by atoms with Gasteiger partial charge in [-0.1, -0.05) is 12.1 Å². The maximum atomic E-state index is 5.36. The van der Waals surface area contributed by atoms with E-state index in [1.54, 1.807) is 0 Å². The van der Waals surface area contributed by atoms with Gasteiger partial charge in [0, 0.05) is 31.9 Å². The number of hydrogen-bond acceptors (Lipinski definition) is 3. The molecule has 0 aliphatic carbocycles. The van der Waals surface area contributed by atoms with Crippen LogP contribution in [0.1, 0.15) is 18.1 Å². The Morgan fingerprint density at radius 1 is 1.41 bits per heavy atom. The highest BCUT2D eigenvalue weighted by molar-refractivity contribution is 5.56. The lowest BCUT2D eigenvalue weighted by atomic mass is 10.1. The maximum Gasteiger partial charge on any atom is 0.0593 e. The van der Waals surface area contributed by atoms with Crippen LogP contribution in [0.2, 0.25) is 0 Å². The molecule has 0 bridgehead atoms. The van der Waals surface area contributed by atoms with E-state index in [0.29, 0.717) is 0 Å². The highest BCUT2D eigenvalue weighted by Crippen LogP contribution is 2.23. The largest absolute Gasteiger partial charge is 0.384 e. The first-order valence-corrected chi connectivity index (χ1v) is 6.41. The van der Waals surface area contributed by atoms with Gasteiger partial charge in [-0.15, -0.1) is 0 Å². The molecule has 0 unspecified atom stereocenters. The van der Waals surface area contributed by atoms with Gasteiger partial charge in [0.2, 0.25) is 0 Å². The van der Waals surface area contributed by atoms with E-state index in [1.807, 2.05) is 6.92 Å². The summed E-state index contributed by atoms with van der Waals surface area (Å²) in [6.45, 7) is 6.71. The van der Waals surface area contributed by atoms with Gasteiger partial charge in [-0.3, -0.25) is 4.90 Å². The second-order valence-corrected chi connectivity index (χ2v) is 4.60. The summed E-state index contributed by atoms with van der Waals surface area (Å²) in [6, 6.07) is 6.77. The molecule has 1 N–H and O–H groups in total.